The van der Waals surface area contributed by atoms with E-state index in [2.05, 4.69) is 37.7 Å². The van der Waals surface area contributed by atoms with Crippen LogP contribution in [0.2, 0.25) is 10.3 Å². The average molecular weight is 341 g/mol. The number of hydrogen-bond acceptors (Lipinski definition) is 3. The molecule has 0 fully saturated rings. The minimum Gasteiger partial charge on any atom is -0.225 e. The van der Waals surface area contributed by atoms with Crippen molar-refractivity contribution in [3.05, 3.63) is 32.5 Å². The molecule has 0 aliphatic rings. The molecule has 14 heavy (non-hydrogen) atoms. The van der Waals surface area contributed by atoms with E-state index >= 15 is 0 Å². The summed E-state index contributed by atoms with van der Waals surface area (Å²) in [7, 11) is 0. The molecular formula is C7H3Cl2IN4. The summed E-state index contributed by atoms with van der Waals surface area (Å²) in [6.45, 7) is 0. The standard InChI is InChI=1S/C7H3Cl2IN4/c8-5-2-11-7(9)13-6(5)14-3-4(10)1-12-14/h1-3H. The Bertz CT molecular complexity index is 470. The van der Waals surface area contributed by atoms with Crippen molar-refractivity contribution >= 4 is 45.8 Å². The smallest absolute Gasteiger partial charge is 0.224 e. The van der Waals surface area contributed by atoms with Crippen LogP contribution < -0.4 is 0 Å². The van der Waals surface area contributed by atoms with Crippen molar-refractivity contribution in [2.45, 2.75) is 0 Å². The molecular weight excluding hydrogens is 338 g/mol. The maximum Gasteiger partial charge on any atom is 0.224 e. The molecule has 0 radical (unpaired) electrons. The molecule has 72 valence electrons. The summed E-state index contributed by atoms with van der Waals surface area (Å²) in [5, 5.41) is 4.62. The molecule has 0 N–H and O–H groups in total. The Morgan fingerprint density at radius 2 is 2.07 bits per heavy atom. The van der Waals surface area contributed by atoms with Gasteiger partial charge >= 0.3 is 0 Å². The van der Waals surface area contributed by atoms with Gasteiger partial charge in [0.2, 0.25) is 5.28 Å². The summed E-state index contributed by atoms with van der Waals surface area (Å²) in [4.78, 5) is 7.73. The fourth-order valence-corrected chi connectivity index (χ4v) is 1.61. The Labute approximate surface area is 103 Å². The van der Waals surface area contributed by atoms with E-state index in [1.807, 2.05) is 0 Å². The number of halogens is 3. The SMILES string of the molecule is Clc1ncc(Cl)c(-n2cc(I)cn2)n1. The molecule has 2 aromatic heterocycles. The Balaban J connectivity index is 2.55. The lowest BCUT2D eigenvalue weighted by molar-refractivity contribution is 0.839. The quantitative estimate of drug-likeness (QED) is 0.592. The third-order valence-electron chi connectivity index (χ3n) is 1.46. The molecule has 2 rings (SSSR count). The van der Waals surface area contributed by atoms with E-state index in [1.54, 1.807) is 17.1 Å². The lowest BCUT2D eigenvalue weighted by Crippen LogP contribution is -2.00. The van der Waals surface area contributed by atoms with Gasteiger partial charge in [-0.05, 0) is 34.2 Å². The topological polar surface area (TPSA) is 43.6 Å². The van der Waals surface area contributed by atoms with Crippen molar-refractivity contribution in [3.63, 3.8) is 0 Å². The maximum atomic E-state index is 5.89. The van der Waals surface area contributed by atoms with Gasteiger partial charge in [0.05, 0.1) is 16.0 Å². The van der Waals surface area contributed by atoms with E-state index in [4.69, 9.17) is 23.2 Å². The van der Waals surface area contributed by atoms with Crippen LogP contribution in [0.1, 0.15) is 0 Å². The van der Waals surface area contributed by atoms with Crippen LogP contribution in [-0.2, 0) is 0 Å². The second kappa shape index (κ2) is 4.00. The van der Waals surface area contributed by atoms with Crippen LogP contribution in [0.5, 0.6) is 0 Å². The third kappa shape index (κ3) is 1.99. The van der Waals surface area contributed by atoms with Gasteiger partial charge in [0.15, 0.2) is 5.82 Å². The molecule has 7 heteroatoms. The van der Waals surface area contributed by atoms with Crippen LogP contribution in [-0.4, -0.2) is 19.7 Å². The first kappa shape index (κ1) is 10.1. The molecule has 2 heterocycles. The van der Waals surface area contributed by atoms with Crippen LogP contribution in [0, 0.1) is 3.57 Å². The van der Waals surface area contributed by atoms with Crippen LogP contribution in [0.4, 0.5) is 0 Å². The van der Waals surface area contributed by atoms with Crippen molar-refractivity contribution in [1.82, 2.24) is 19.7 Å². The lowest BCUT2D eigenvalue weighted by atomic mass is 10.6. The van der Waals surface area contributed by atoms with Gasteiger partial charge < -0.3 is 0 Å². The zero-order chi connectivity index (χ0) is 10.1. The van der Waals surface area contributed by atoms with Crippen LogP contribution >= 0.6 is 45.8 Å². The highest BCUT2D eigenvalue weighted by atomic mass is 127. The second-order valence-electron chi connectivity index (χ2n) is 2.41. The third-order valence-corrected chi connectivity index (χ3v) is 2.47. The zero-order valence-corrected chi connectivity index (χ0v) is 10.3. The first-order valence-electron chi connectivity index (χ1n) is 3.55. The summed E-state index contributed by atoms with van der Waals surface area (Å²) < 4.78 is 2.55. The number of aromatic nitrogens is 4. The number of hydrogen-bond donors (Lipinski definition) is 0. The van der Waals surface area contributed by atoms with E-state index < -0.39 is 0 Å². The molecule has 0 unspecified atom stereocenters. The van der Waals surface area contributed by atoms with E-state index in [0.29, 0.717) is 10.8 Å². The largest absolute Gasteiger partial charge is 0.225 e. The summed E-state index contributed by atoms with van der Waals surface area (Å²) in [6.07, 6.45) is 4.94. The molecule has 0 bridgehead atoms. The lowest BCUT2D eigenvalue weighted by Gasteiger charge is -2.01. The predicted octanol–water partition coefficient (Wildman–Crippen LogP) is 2.57. The van der Waals surface area contributed by atoms with Crippen molar-refractivity contribution in [2.75, 3.05) is 0 Å². The summed E-state index contributed by atoms with van der Waals surface area (Å²) in [6, 6.07) is 0. The van der Waals surface area contributed by atoms with Gasteiger partial charge in [-0.1, -0.05) is 11.6 Å². The minimum absolute atomic E-state index is 0.148. The first-order valence-corrected chi connectivity index (χ1v) is 5.39. The highest BCUT2D eigenvalue weighted by molar-refractivity contribution is 14.1. The monoisotopic (exact) mass is 340 g/mol. The maximum absolute atomic E-state index is 5.89. The van der Waals surface area contributed by atoms with Gasteiger partial charge in [0, 0.05) is 6.20 Å². The first-order chi connectivity index (χ1) is 6.66. The minimum atomic E-state index is 0.148. The van der Waals surface area contributed by atoms with Crippen molar-refractivity contribution in [3.8, 4) is 5.82 Å². The molecule has 0 aliphatic heterocycles. The van der Waals surface area contributed by atoms with Crippen molar-refractivity contribution < 1.29 is 0 Å². The van der Waals surface area contributed by atoms with Gasteiger partial charge in [0.25, 0.3) is 0 Å². The number of rotatable bonds is 1. The Morgan fingerprint density at radius 3 is 2.71 bits per heavy atom. The van der Waals surface area contributed by atoms with Crippen LogP contribution in [0.15, 0.2) is 18.6 Å². The van der Waals surface area contributed by atoms with E-state index in [9.17, 15) is 0 Å². The fourth-order valence-electron chi connectivity index (χ4n) is 0.915. The summed E-state index contributed by atoms with van der Waals surface area (Å²) >= 11 is 13.7. The average Bonchev–Trinajstić information content (AvgIpc) is 2.56. The fraction of sp³-hybridized carbons (Fsp3) is 0. The predicted molar refractivity (Wildman–Crippen MR) is 61.9 cm³/mol. The van der Waals surface area contributed by atoms with Crippen molar-refractivity contribution in [1.29, 1.82) is 0 Å². The van der Waals surface area contributed by atoms with E-state index in [-0.39, 0.29) is 5.28 Å². The Hall–Kier alpha value is -0.400. The van der Waals surface area contributed by atoms with Crippen molar-refractivity contribution in [2.24, 2.45) is 0 Å². The molecule has 0 saturated carbocycles. The van der Waals surface area contributed by atoms with E-state index in [1.165, 1.54) is 6.20 Å². The normalized spacial score (nSPS) is 10.5. The highest BCUT2D eigenvalue weighted by Crippen LogP contribution is 2.18. The summed E-state index contributed by atoms with van der Waals surface area (Å²) in [5.41, 5.74) is 0. The Kier molecular flexibility index (Phi) is 2.89. The molecule has 0 amide bonds. The van der Waals surface area contributed by atoms with E-state index in [0.717, 1.165) is 3.57 Å². The highest BCUT2D eigenvalue weighted by Gasteiger charge is 2.07. The molecule has 4 nitrogen and oxygen atoms in total. The molecule has 0 atom stereocenters. The van der Waals surface area contributed by atoms with Crippen LogP contribution in [0.25, 0.3) is 5.82 Å². The van der Waals surface area contributed by atoms with Gasteiger partial charge in [-0.3, -0.25) is 0 Å². The molecule has 2 aromatic rings. The van der Waals surface area contributed by atoms with Gasteiger partial charge in [0.1, 0.15) is 5.02 Å². The summed E-state index contributed by atoms with van der Waals surface area (Å²) in [5.74, 6) is 0.481. The molecule has 0 spiro atoms. The number of nitrogens with zero attached hydrogens (tertiary/aromatic N) is 4. The molecule has 0 aromatic carbocycles. The van der Waals surface area contributed by atoms with Gasteiger partial charge in [-0.15, -0.1) is 0 Å². The van der Waals surface area contributed by atoms with Gasteiger partial charge in [-0.25, -0.2) is 9.67 Å². The Morgan fingerprint density at radius 1 is 1.29 bits per heavy atom. The second-order valence-corrected chi connectivity index (χ2v) is 4.40. The van der Waals surface area contributed by atoms with Gasteiger partial charge in [-0.2, -0.15) is 10.1 Å². The molecule has 0 saturated heterocycles. The van der Waals surface area contributed by atoms with Crippen LogP contribution in [0.3, 0.4) is 0 Å². The molecule has 0 aliphatic carbocycles. The zero-order valence-electron chi connectivity index (χ0n) is 6.65.